The maximum absolute atomic E-state index is 14.8. The van der Waals surface area contributed by atoms with Gasteiger partial charge in [-0.15, -0.1) is 0 Å². The van der Waals surface area contributed by atoms with E-state index in [-0.39, 0.29) is 25.1 Å². The number of halogens is 2. The summed E-state index contributed by atoms with van der Waals surface area (Å²) in [5.41, 5.74) is 0.472. The number of rotatable bonds is 8. The third-order valence-corrected chi connectivity index (χ3v) is 6.39. The van der Waals surface area contributed by atoms with E-state index in [0.717, 1.165) is 10.9 Å². The lowest BCUT2D eigenvalue weighted by atomic mass is 10.1. The topological polar surface area (TPSA) is 66.5 Å². The number of ether oxygens (including phenoxy) is 5. The van der Waals surface area contributed by atoms with E-state index in [0.29, 0.717) is 48.5 Å². The highest BCUT2D eigenvalue weighted by Gasteiger charge is 2.27. The number of carbonyl (C=O) groups excluding carboxylic acids is 1. The van der Waals surface area contributed by atoms with Gasteiger partial charge >= 0.3 is 6.09 Å². The number of amides is 1. The maximum Gasteiger partial charge on any atom is 0.410 e. The number of benzene rings is 3. The summed E-state index contributed by atoms with van der Waals surface area (Å²) >= 11 is 3.56. The Bertz CT molecular complexity index is 1230. The third kappa shape index (κ3) is 7.82. The van der Waals surface area contributed by atoms with Crippen molar-refractivity contribution in [2.24, 2.45) is 0 Å². The first-order valence-corrected chi connectivity index (χ1v) is 13.4. The normalized spacial score (nSPS) is 16.2. The molecule has 38 heavy (non-hydrogen) atoms. The van der Waals surface area contributed by atoms with E-state index in [2.05, 4.69) is 15.9 Å². The highest BCUT2D eigenvalue weighted by atomic mass is 79.9. The lowest BCUT2D eigenvalue weighted by molar-refractivity contribution is -0.0204. The first kappa shape index (κ1) is 28.1. The first-order chi connectivity index (χ1) is 18.2. The van der Waals surface area contributed by atoms with Gasteiger partial charge in [-0.3, -0.25) is 0 Å². The number of hydrogen-bond acceptors (Lipinski definition) is 6. The summed E-state index contributed by atoms with van der Waals surface area (Å²) in [6.45, 7) is 7.75. The highest BCUT2D eigenvalue weighted by Crippen LogP contribution is 2.38. The molecule has 1 heterocycles. The Kier molecular flexibility index (Phi) is 9.46. The Morgan fingerprint density at radius 2 is 1.89 bits per heavy atom. The van der Waals surface area contributed by atoms with Crippen molar-refractivity contribution >= 4 is 32.8 Å². The van der Waals surface area contributed by atoms with Gasteiger partial charge in [-0.2, -0.15) is 0 Å². The Morgan fingerprint density at radius 3 is 2.66 bits per heavy atom. The molecule has 0 bridgehead atoms. The van der Waals surface area contributed by atoms with Crippen molar-refractivity contribution in [1.82, 2.24) is 4.90 Å². The van der Waals surface area contributed by atoms with Crippen molar-refractivity contribution in [3.63, 3.8) is 0 Å². The van der Waals surface area contributed by atoms with Crippen LogP contribution in [0, 0.1) is 5.82 Å². The molecule has 204 valence electrons. The minimum Gasteiger partial charge on any atom is -0.489 e. The molecule has 3 aromatic rings. The molecule has 0 saturated carbocycles. The molecule has 0 unspecified atom stereocenters. The molecule has 1 fully saturated rings. The molecule has 1 saturated heterocycles. The highest BCUT2D eigenvalue weighted by molar-refractivity contribution is 9.10. The molecule has 1 aliphatic heterocycles. The molecule has 3 aromatic carbocycles. The van der Waals surface area contributed by atoms with Gasteiger partial charge in [-0.05, 0) is 65.8 Å². The van der Waals surface area contributed by atoms with Crippen LogP contribution in [0.15, 0.2) is 59.1 Å². The smallest absolute Gasteiger partial charge is 0.410 e. The van der Waals surface area contributed by atoms with Gasteiger partial charge in [0.05, 0.1) is 32.5 Å². The number of fused-ring (bicyclic) bond motifs is 1. The number of hydrogen-bond donors (Lipinski definition) is 0. The molecule has 7 nitrogen and oxygen atoms in total. The second-order valence-electron chi connectivity index (χ2n) is 10.00. The predicted molar refractivity (Wildman–Crippen MR) is 146 cm³/mol. The molecule has 0 spiro atoms. The predicted octanol–water partition coefficient (Wildman–Crippen LogP) is 6.35. The summed E-state index contributed by atoms with van der Waals surface area (Å²) in [4.78, 5) is 14.1. The van der Waals surface area contributed by atoms with Crippen molar-refractivity contribution < 1.29 is 32.9 Å². The van der Waals surface area contributed by atoms with E-state index in [4.69, 9.17) is 23.7 Å². The van der Waals surface area contributed by atoms with Gasteiger partial charge in [0.25, 0.3) is 0 Å². The van der Waals surface area contributed by atoms with E-state index in [9.17, 15) is 9.18 Å². The largest absolute Gasteiger partial charge is 0.489 e. The van der Waals surface area contributed by atoms with Crippen molar-refractivity contribution in [3.05, 3.63) is 70.5 Å². The van der Waals surface area contributed by atoms with Gasteiger partial charge in [-0.1, -0.05) is 36.4 Å². The summed E-state index contributed by atoms with van der Waals surface area (Å²) < 4.78 is 44.2. The van der Waals surface area contributed by atoms with Crippen LogP contribution in [0.5, 0.6) is 11.5 Å². The molecule has 1 amide bonds. The van der Waals surface area contributed by atoms with E-state index >= 15 is 0 Å². The lowest BCUT2D eigenvalue weighted by Gasteiger charge is -2.27. The Balaban J connectivity index is 1.36. The zero-order chi connectivity index (χ0) is 27.1. The number of nitrogens with zero attached hydrogens (tertiary/aromatic N) is 1. The fourth-order valence-corrected chi connectivity index (χ4v) is 4.66. The van der Waals surface area contributed by atoms with Crippen LogP contribution in [-0.4, -0.2) is 62.2 Å². The molecule has 0 radical (unpaired) electrons. The van der Waals surface area contributed by atoms with Crippen molar-refractivity contribution in [1.29, 1.82) is 0 Å². The summed E-state index contributed by atoms with van der Waals surface area (Å²) in [7, 11) is 0. The second kappa shape index (κ2) is 12.8. The monoisotopic (exact) mass is 589 g/mol. The summed E-state index contributed by atoms with van der Waals surface area (Å²) in [5, 5.41) is 1.40. The second-order valence-corrected chi connectivity index (χ2v) is 10.9. The molecule has 1 atom stereocenters. The SMILES string of the molecule is CC(C)(C)OC(=O)N1CCOC[C@@H](OCCOc2c(F)ccc3cc(OCc4ccccc4)cc(Br)c23)C1. The van der Waals surface area contributed by atoms with Crippen LogP contribution in [0.25, 0.3) is 10.8 Å². The average molecular weight is 590 g/mol. The Labute approximate surface area is 230 Å². The Hall–Kier alpha value is -2.88. The van der Waals surface area contributed by atoms with E-state index in [1.165, 1.54) is 6.07 Å². The lowest BCUT2D eigenvalue weighted by Crippen LogP contribution is -2.42. The van der Waals surface area contributed by atoms with Crippen LogP contribution in [0.1, 0.15) is 26.3 Å². The van der Waals surface area contributed by atoms with Crippen LogP contribution < -0.4 is 9.47 Å². The van der Waals surface area contributed by atoms with Crippen LogP contribution in [0.4, 0.5) is 9.18 Å². The standard InChI is InChI=1S/C29H33BrFNO6/c1-29(2,3)38-28(33)32-11-12-34-19-23(17-32)35-13-14-36-27-25(31)10-9-21-15-22(16-24(30)26(21)27)37-18-20-7-5-4-6-8-20/h4-10,15-16,23H,11-14,17-19H2,1-3H3/t23-/m0/s1. The van der Waals surface area contributed by atoms with Crippen LogP contribution in [0.2, 0.25) is 0 Å². The van der Waals surface area contributed by atoms with Crippen LogP contribution in [-0.2, 0) is 20.8 Å². The minimum atomic E-state index is -0.583. The van der Waals surface area contributed by atoms with Gasteiger partial charge < -0.3 is 28.6 Å². The quantitative estimate of drug-likeness (QED) is 0.285. The Morgan fingerprint density at radius 1 is 1.11 bits per heavy atom. The fraction of sp³-hybridized carbons (Fsp3) is 0.414. The van der Waals surface area contributed by atoms with E-state index in [1.54, 1.807) is 11.0 Å². The first-order valence-electron chi connectivity index (χ1n) is 12.6. The zero-order valence-electron chi connectivity index (χ0n) is 21.9. The maximum atomic E-state index is 14.8. The van der Waals surface area contributed by atoms with Crippen molar-refractivity contribution in [2.75, 3.05) is 39.5 Å². The fourth-order valence-electron chi connectivity index (χ4n) is 4.03. The van der Waals surface area contributed by atoms with E-state index in [1.807, 2.05) is 63.2 Å². The summed E-state index contributed by atoms with van der Waals surface area (Å²) in [5.74, 6) is 0.335. The molecular formula is C29H33BrFNO6. The van der Waals surface area contributed by atoms with Gasteiger partial charge in [0.1, 0.15) is 24.6 Å². The third-order valence-electron chi connectivity index (χ3n) is 5.76. The van der Waals surface area contributed by atoms with Crippen LogP contribution >= 0.6 is 15.9 Å². The van der Waals surface area contributed by atoms with Crippen molar-refractivity contribution in [3.8, 4) is 11.5 Å². The van der Waals surface area contributed by atoms with Crippen LogP contribution in [0.3, 0.4) is 0 Å². The summed E-state index contributed by atoms with van der Waals surface area (Å²) in [6, 6.07) is 16.6. The molecule has 0 N–H and O–H groups in total. The van der Waals surface area contributed by atoms with Crippen molar-refractivity contribution in [2.45, 2.75) is 39.1 Å². The van der Waals surface area contributed by atoms with Gasteiger partial charge in [0.15, 0.2) is 11.6 Å². The van der Waals surface area contributed by atoms with Gasteiger partial charge in [0, 0.05) is 16.4 Å². The summed E-state index contributed by atoms with van der Waals surface area (Å²) in [6.07, 6.45) is -0.746. The molecule has 0 aliphatic carbocycles. The van der Waals surface area contributed by atoms with Gasteiger partial charge in [-0.25, -0.2) is 9.18 Å². The molecular weight excluding hydrogens is 557 g/mol. The molecule has 1 aliphatic rings. The number of carbonyl (C=O) groups is 1. The van der Waals surface area contributed by atoms with E-state index < -0.39 is 17.5 Å². The average Bonchev–Trinajstić information content (AvgIpc) is 3.12. The van der Waals surface area contributed by atoms with Gasteiger partial charge in [0.2, 0.25) is 0 Å². The molecule has 4 rings (SSSR count). The minimum absolute atomic E-state index is 0.123. The zero-order valence-corrected chi connectivity index (χ0v) is 23.5. The molecule has 9 heteroatoms. The molecule has 0 aromatic heterocycles.